The summed E-state index contributed by atoms with van der Waals surface area (Å²) in [6.45, 7) is 4.87. The summed E-state index contributed by atoms with van der Waals surface area (Å²) in [5, 5.41) is 2.85. The minimum Gasteiger partial charge on any atom is -0.329 e. The van der Waals surface area contributed by atoms with Crippen molar-refractivity contribution >= 4 is 9.84 Å². The number of hydrogen-bond donors (Lipinski definition) is 2. The molecule has 1 aliphatic heterocycles. The van der Waals surface area contributed by atoms with Gasteiger partial charge >= 0.3 is 0 Å². The highest BCUT2D eigenvalue weighted by Gasteiger charge is 2.47. The standard InChI is InChI=1S/C8H18N2O2S/c1-3-10-8(6-9)4-5-13(11,12)7(8)2/h7,10H,3-6,9H2,1-2H3. The second-order valence-corrected chi connectivity index (χ2v) is 6.09. The van der Waals surface area contributed by atoms with E-state index in [0.29, 0.717) is 13.0 Å². The van der Waals surface area contributed by atoms with E-state index in [1.807, 2.05) is 6.92 Å². The van der Waals surface area contributed by atoms with Crippen molar-refractivity contribution in [3.63, 3.8) is 0 Å². The maximum absolute atomic E-state index is 11.5. The van der Waals surface area contributed by atoms with Crippen LogP contribution in [0.25, 0.3) is 0 Å². The Morgan fingerprint density at radius 2 is 2.23 bits per heavy atom. The van der Waals surface area contributed by atoms with Crippen LogP contribution in [0, 0.1) is 0 Å². The largest absolute Gasteiger partial charge is 0.329 e. The van der Waals surface area contributed by atoms with Gasteiger partial charge in [-0.2, -0.15) is 0 Å². The summed E-state index contributed by atoms with van der Waals surface area (Å²) in [4.78, 5) is 0. The molecule has 1 heterocycles. The molecule has 13 heavy (non-hydrogen) atoms. The van der Waals surface area contributed by atoms with Gasteiger partial charge in [0, 0.05) is 12.1 Å². The van der Waals surface area contributed by atoms with Crippen molar-refractivity contribution in [2.45, 2.75) is 31.1 Å². The van der Waals surface area contributed by atoms with Gasteiger partial charge in [-0.3, -0.25) is 0 Å². The summed E-state index contributed by atoms with van der Waals surface area (Å²) in [5.41, 5.74) is 5.26. The van der Waals surface area contributed by atoms with Gasteiger partial charge in [-0.05, 0) is 19.9 Å². The number of likely N-dealkylation sites (N-methyl/N-ethyl adjacent to an activating group) is 1. The second kappa shape index (κ2) is 3.55. The molecule has 0 aliphatic carbocycles. The van der Waals surface area contributed by atoms with Crippen molar-refractivity contribution in [3.8, 4) is 0 Å². The Kier molecular flexibility index (Phi) is 2.99. The Bertz CT molecular complexity index is 276. The average molecular weight is 206 g/mol. The molecule has 1 saturated heterocycles. The minimum absolute atomic E-state index is 0.262. The van der Waals surface area contributed by atoms with Gasteiger partial charge in [0.05, 0.1) is 11.0 Å². The number of nitrogens with one attached hydrogen (secondary N) is 1. The molecule has 3 N–H and O–H groups in total. The maximum Gasteiger partial charge on any atom is 0.154 e. The smallest absolute Gasteiger partial charge is 0.154 e. The topological polar surface area (TPSA) is 72.2 Å². The van der Waals surface area contributed by atoms with Crippen LogP contribution in [0.2, 0.25) is 0 Å². The fourth-order valence-electron chi connectivity index (χ4n) is 1.97. The molecule has 0 aromatic heterocycles. The van der Waals surface area contributed by atoms with E-state index in [1.165, 1.54) is 0 Å². The van der Waals surface area contributed by atoms with Crippen LogP contribution in [0.5, 0.6) is 0 Å². The van der Waals surface area contributed by atoms with Gasteiger partial charge in [0.15, 0.2) is 9.84 Å². The Labute approximate surface area is 79.8 Å². The Balaban J connectivity index is 2.92. The third kappa shape index (κ3) is 1.73. The molecular formula is C8H18N2O2S. The van der Waals surface area contributed by atoms with E-state index in [4.69, 9.17) is 5.73 Å². The summed E-state index contributed by atoms with van der Waals surface area (Å²) in [5.74, 6) is 0.262. The zero-order valence-electron chi connectivity index (χ0n) is 8.21. The van der Waals surface area contributed by atoms with Gasteiger partial charge in [-0.15, -0.1) is 0 Å². The van der Waals surface area contributed by atoms with Gasteiger partial charge in [-0.25, -0.2) is 8.42 Å². The molecule has 78 valence electrons. The molecule has 4 nitrogen and oxygen atoms in total. The molecule has 0 amide bonds. The van der Waals surface area contributed by atoms with Gasteiger partial charge < -0.3 is 11.1 Å². The van der Waals surface area contributed by atoms with Gasteiger partial charge in [0.1, 0.15) is 0 Å². The molecular weight excluding hydrogens is 188 g/mol. The predicted molar refractivity (Wildman–Crippen MR) is 53.3 cm³/mol. The first-order chi connectivity index (χ1) is 5.98. The van der Waals surface area contributed by atoms with Gasteiger partial charge in [0.25, 0.3) is 0 Å². The van der Waals surface area contributed by atoms with Crippen LogP contribution in [0.1, 0.15) is 20.3 Å². The van der Waals surface area contributed by atoms with Crippen LogP contribution >= 0.6 is 0 Å². The lowest BCUT2D eigenvalue weighted by atomic mass is 9.93. The van der Waals surface area contributed by atoms with Crippen molar-refractivity contribution in [2.75, 3.05) is 18.8 Å². The summed E-state index contributed by atoms with van der Waals surface area (Å²) in [7, 11) is -2.91. The number of rotatable bonds is 3. The average Bonchev–Trinajstić information content (AvgIpc) is 2.31. The molecule has 2 atom stereocenters. The summed E-state index contributed by atoms with van der Waals surface area (Å²) in [6, 6.07) is 0. The Morgan fingerprint density at radius 1 is 1.62 bits per heavy atom. The van der Waals surface area contributed by atoms with E-state index < -0.39 is 9.84 Å². The zero-order chi connectivity index (χ0) is 10.1. The normalized spacial score (nSPS) is 37.9. The fourth-order valence-corrected chi connectivity index (χ4v) is 3.96. The number of hydrogen-bond acceptors (Lipinski definition) is 4. The van der Waals surface area contributed by atoms with Crippen LogP contribution in [-0.4, -0.2) is 38.0 Å². The lowest BCUT2D eigenvalue weighted by Gasteiger charge is -2.31. The first kappa shape index (κ1) is 10.9. The highest BCUT2D eigenvalue weighted by Crippen LogP contribution is 2.29. The summed E-state index contributed by atoms with van der Waals surface area (Å²) in [6.07, 6.45) is 0.640. The molecule has 0 aromatic rings. The highest BCUT2D eigenvalue weighted by atomic mass is 32.2. The monoisotopic (exact) mass is 206 g/mol. The van der Waals surface area contributed by atoms with Crippen molar-refractivity contribution in [1.82, 2.24) is 5.32 Å². The van der Waals surface area contributed by atoms with Crippen LogP contribution in [0.4, 0.5) is 0 Å². The Morgan fingerprint density at radius 3 is 2.54 bits per heavy atom. The van der Waals surface area contributed by atoms with Crippen LogP contribution in [-0.2, 0) is 9.84 Å². The molecule has 1 aliphatic rings. The summed E-state index contributed by atoms with van der Waals surface area (Å²) < 4.78 is 23.0. The van der Waals surface area contributed by atoms with E-state index in [1.54, 1.807) is 6.92 Å². The molecule has 0 bridgehead atoms. The highest BCUT2D eigenvalue weighted by molar-refractivity contribution is 7.92. The first-order valence-corrected chi connectivity index (χ1v) is 6.37. The molecule has 0 radical (unpaired) electrons. The molecule has 2 unspecified atom stereocenters. The van der Waals surface area contributed by atoms with Crippen molar-refractivity contribution in [3.05, 3.63) is 0 Å². The van der Waals surface area contributed by atoms with E-state index >= 15 is 0 Å². The van der Waals surface area contributed by atoms with Crippen molar-refractivity contribution < 1.29 is 8.42 Å². The quantitative estimate of drug-likeness (QED) is 0.653. The van der Waals surface area contributed by atoms with E-state index in [0.717, 1.165) is 6.54 Å². The number of nitrogens with two attached hydrogens (primary N) is 1. The van der Waals surface area contributed by atoms with Crippen molar-refractivity contribution in [1.29, 1.82) is 0 Å². The Hall–Kier alpha value is -0.130. The third-order valence-corrected chi connectivity index (χ3v) is 5.34. The zero-order valence-corrected chi connectivity index (χ0v) is 9.02. The molecule has 5 heteroatoms. The van der Waals surface area contributed by atoms with Crippen LogP contribution in [0.15, 0.2) is 0 Å². The molecule has 0 spiro atoms. The summed E-state index contributed by atoms with van der Waals surface area (Å²) >= 11 is 0. The first-order valence-electron chi connectivity index (χ1n) is 4.65. The minimum atomic E-state index is -2.91. The molecule has 1 rings (SSSR count). The van der Waals surface area contributed by atoms with Crippen molar-refractivity contribution in [2.24, 2.45) is 5.73 Å². The van der Waals surface area contributed by atoms with E-state index in [-0.39, 0.29) is 16.5 Å². The van der Waals surface area contributed by atoms with Gasteiger partial charge in [0.2, 0.25) is 0 Å². The number of sulfone groups is 1. The second-order valence-electron chi connectivity index (χ2n) is 3.65. The SMILES string of the molecule is CCNC1(CN)CCS(=O)(=O)C1C. The van der Waals surface area contributed by atoms with Crippen LogP contribution in [0.3, 0.4) is 0 Å². The molecule has 0 saturated carbocycles. The van der Waals surface area contributed by atoms with Gasteiger partial charge in [-0.1, -0.05) is 6.92 Å². The van der Waals surface area contributed by atoms with Crippen LogP contribution < -0.4 is 11.1 Å². The predicted octanol–water partition coefficient (Wildman–Crippen LogP) is -0.500. The third-order valence-electron chi connectivity index (χ3n) is 3.04. The fraction of sp³-hybridized carbons (Fsp3) is 1.00. The maximum atomic E-state index is 11.5. The molecule has 0 aromatic carbocycles. The lowest BCUT2D eigenvalue weighted by Crippen LogP contribution is -2.56. The van der Waals surface area contributed by atoms with E-state index in [9.17, 15) is 8.42 Å². The molecule has 1 fully saturated rings. The lowest BCUT2D eigenvalue weighted by molar-refractivity contribution is 0.339. The van der Waals surface area contributed by atoms with E-state index in [2.05, 4.69) is 5.32 Å².